The molecule has 0 heterocycles. The second kappa shape index (κ2) is 11.6. The third kappa shape index (κ3) is 7.39. The van der Waals surface area contributed by atoms with E-state index in [-0.39, 0.29) is 0 Å². The number of methoxy groups -OCH3 is 1. The van der Waals surface area contributed by atoms with E-state index in [0.717, 1.165) is 24.6 Å². The minimum Gasteiger partial charge on any atom is -0.493 e. The molecule has 0 amide bonds. The Labute approximate surface area is 123 Å². The smallest absolute Gasteiger partial charge is 0.161 e. The van der Waals surface area contributed by atoms with E-state index >= 15 is 0 Å². The number of rotatable bonds is 12. The van der Waals surface area contributed by atoms with Gasteiger partial charge in [-0.1, -0.05) is 51.2 Å². The lowest BCUT2D eigenvalue weighted by Crippen LogP contribution is -2.22. The number of hydrogen-bond donors (Lipinski definition) is 1. The molecule has 0 saturated carbocycles. The first-order valence-corrected chi connectivity index (χ1v) is 7.85. The Kier molecular flexibility index (Phi) is 9.76. The molecule has 3 nitrogen and oxygen atoms in total. The van der Waals surface area contributed by atoms with Crippen molar-refractivity contribution in [3.63, 3.8) is 0 Å². The maximum Gasteiger partial charge on any atom is 0.161 e. The average Bonchev–Trinajstić information content (AvgIpc) is 2.49. The Balaban J connectivity index is 1.97. The molecule has 0 aliphatic carbocycles. The number of unbranched alkanes of at least 4 members (excludes halogenated alkanes) is 5. The van der Waals surface area contributed by atoms with E-state index in [2.05, 4.69) is 12.2 Å². The summed E-state index contributed by atoms with van der Waals surface area (Å²) in [5.74, 6) is 1.61. The van der Waals surface area contributed by atoms with Gasteiger partial charge in [0.15, 0.2) is 11.5 Å². The van der Waals surface area contributed by atoms with Gasteiger partial charge in [0.2, 0.25) is 0 Å². The molecular weight excluding hydrogens is 250 g/mol. The minimum atomic E-state index is 0.677. The number of benzene rings is 1. The molecule has 0 fully saturated rings. The molecule has 0 atom stereocenters. The van der Waals surface area contributed by atoms with Crippen molar-refractivity contribution in [2.45, 2.75) is 45.4 Å². The van der Waals surface area contributed by atoms with Gasteiger partial charge in [-0.3, -0.25) is 0 Å². The van der Waals surface area contributed by atoms with E-state index in [1.807, 2.05) is 24.3 Å². The van der Waals surface area contributed by atoms with Gasteiger partial charge in [0.05, 0.1) is 7.11 Å². The van der Waals surface area contributed by atoms with Crippen molar-refractivity contribution in [1.29, 1.82) is 0 Å². The third-order valence-electron chi connectivity index (χ3n) is 3.31. The standard InChI is InChI=1S/C17H29NO2/c1-3-4-5-6-7-10-13-18-14-15-20-17-12-9-8-11-16(17)19-2/h8-9,11-12,18H,3-7,10,13-15H2,1-2H3. The largest absolute Gasteiger partial charge is 0.493 e. The van der Waals surface area contributed by atoms with Crippen LogP contribution in [0.2, 0.25) is 0 Å². The molecule has 0 bridgehead atoms. The molecular formula is C17H29NO2. The number of ether oxygens (including phenoxy) is 2. The zero-order valence-corrected chi connectivity index (χ0v) is 13.0. The molecule has 1 N–H and O–H groups in total. The highest BCUT2D eigenvalue weighted by molar-refractivity contribution is 5.39. The van der Waals surface area contributed by atoms with Crippen LogP contribution in [0.25, 0.3) is 0 Å². The summed E-state index contributed by atoms with van der Waals surface area (Å²) in [6.07, 6.45) is 8.04. The fourth-order valence-corrected chi connectivity index (χ4v) is 2.13. The molecule has 0 aliphatic heterocycles. The molecule has 20 heavy (non-hydrogen) atoms. The Hall–Kier alpha value is -1.22. The lowest BCUT2D eigenvalue weighted by atomic mass is 10.1. The number of para-hydroxylation sites is 2. The van der Waals surface area contributed by atoms with E-state index in [9.17, 15) is 0 Å². The second-order valence-corrected chi connectivity index (χ2v) is 5.02. The number of nitrogens with one attached hydrogen (secondary N) is 1. The van der Waals surface area contributed by atoms with Crippen LogP contribution in [0.5, 0.6) is 11.5 Å². The highest BCUT2D eigenvalue weighted by atomic mass is 16.5. The molecule has 1 aromatic carbocycles. The molecule has 0 radical (unpaired) electrons. The van der Waals surface area contributed by atoms with Crippen molar-refractivity contribution in [3.05, 3.63) is 24.3 Å². The highest BCUT2D eigenvalue weighted by Crippen LogP contribution is 2.25. The summed E-state index contributed by atoms with van der Waals surface area (Å²) in [7, 11) is 1.67. The summed E-state index contributed by atoms with van der Waals surface area (Å²) in [5.41, 5.74) is 0. The molecule has 114 valence electrons. The zero-order valence-electron chi connectivity index (χ0n) is 13.0. The van der Waals surface area contributed by atoms with E-state index < -0.39 is 0 Å². The van der Waals surface area contributed by atoms with Gasteiger partial charge >= 0.3 is 0 Å². The average molecular weight is 279 g/mol. The van der Waals surface area contributed by atoms with Crippen LogP contribution in [0.1, 0.15) is 45.4 Å². The molecule has 0 saturated heterocycles. The second-order valence-electron chi connectivity index (χ2n) is 5.02. The Morgan fingerprint density at radius 3 is 2.35 bits per heavy atom. The summed E-state index contributed by atoms with van der Waals surface area (Å²) in [6.45, 7) is 4.90. The van der Waals surface area contributed by atoms with Gasteiger partial charge in [-0.25, -0.2) is 0 Å². The van der Waals surface area contributed by atoms with E-state index in [0.29, 0.717) is 6.61 Å². The van der Waals surface area contributed by atoms with Crippen LogP contribution >= 0.6 is 0 Å². The fraction of sp³-hybridized carbons (Fsp3) is 0.647. The molecule has 0 aliphatic rings. The lowest BCUT2D eigenvalue weighted by Gasteiger charge is -2.10. The van der Waals surface area contributed by atoms with E-state index in [1.54, 1.807) is 7.11 Å². The fourth-order valence-electron chi connectivity index (χ4n) is 2.13. The predicted molar refractivity (Wildman–Crippen MR) is 84.7 cm³/mol. The Morgan fingerprint density at radius 2 is 1.60 bits per heavy atom. The van der Waals surface area contributed by atoms with Gasteiger partial charge in [0.1, 0.15) is 6.61 Å². The SMILES string of the molecule is CCCCCCCCNCCOc1ccccc1OC. The molecule has 1 aromatic rings. The van der Waals surface area contributed by atoms with Crippen LogP contribution in [0.3, 0.4) is 0 Å². The first-order chi connectivity index (χ1) is 9.88. The van der Waals surface area contributed by atoms with Crippen LogP contribution in [0.15, 0.2) is 24.3 Å². The molecule has 0 spiro atoms. The van der Waals surface area contributed by atoms with Crippen LogP contribution in [0.4, 0.5) is 0 Å². The van der Waals surface area contributed by atoms with E-state index in [1.165, 1.54) is 38.5 Å². The first kappa shape index (κ1) is 16.8. The van der Waals surface area contributed by atoms with Crippen LogP contribution < -0.4 is 14.8 Å². The predicted octanol–water partition coefficient (Wildman–Crippen LogP) is 4.02. The summed E-state index contributed by atoms with van der Waals surface area (Å²) in [6, 6.07) is 7.76. The Morgan fingerprint density at radius 1 is 0.900 bits per heavy atom. The summed E-state index contributed by atoms with van der Waals surface area (Å²) < 4.78 is 10.9. The van der Waals surface area contributed by atoms with Gasteiger partial charge in [-0.2, -0.15) is 0 Å². The van der Waals surface area contributed by atoms with Crippen molar-refractivity contribution in [2.75, 3.05) is 26.8 Å². The van der Waals surface area contributed by atoms with Gasteiger partial charge < -0.3 is 14.8 Å². The molecule has 3 heteroatoms. The van der Waals surface area contributed by atoms with E-state index in [4.69, 9.17) is 9.47 Å². The number of hydrogen-bond acceptors (Lipinski definition) is 3. The first-order valence-electron chi connectivity index (χ1n) is 7.85. The van der Waals surface area contributed by atoms with Crippen molar-refractivity contribution in [2.24, 2.45) is 0 Å². The zero-order chi connectivity index (χ0) is 14.5. The van der Waals surface area contributed by atoms with Gasteiger partial charge in [-0.05, 0) is 25.1 Å². The quantitative estimate of drug-likeness (QED) is 0.586. The van der Waals surface area contributed by atoms with Crippen molar-refractivity contribution < 1.29 is 9.47 Å². The van der Waals surface area contributed by atoms with Gasteiger partial charge in [-0.15, -0.1) is 0 Å². The summed E-state index contributed by atoms with van der Waals surface area (Å²) in [5, 5.41) is 3.42. The molecule has 0 aromatic heterocycles. The van der Waals surface area contributed by atoms with Crippen molar-refractivity contribution in [1.82, 2.24) is 5.32 Å². The normalized spacial score (nSPS) is 10.5. The van der Waals surface area contributed by atoms with Crippen LogP contribution in [-0.4, -0.2) is 26.8 Å². The third-order valence-corrected chi connectivity index (χ3v) is 3.31. The molecule has 0 unspecified atom stereocenters. The molecule has 1 rings (SSSR count). The monoisotopic (exact) mass is 279 g/mol. The Bertz CT molecular complexity index is 342. The van der Waals surface area contributed by atoms with Gasteiger partial charge in [0.25, 0.3) is 0 Å². The summed E-state index contributed by atoms with van der Waals surface area (Å²) >= 11 is 0. The lowest BCUT2D eigenvalue weighted by molar-refractivity contribution is 0.292. The highest BCUT2D eigenvalue weighted by Gasteiger charge is 2.01. The summed E-state index contributed by atoms with van der Waals surface area (Å²) in [4.78, 5) is 0. The van der Waals surface area contributed by atoms with Crippen LogP contribution in [0, 0.1) is 0 Å². The van der Waals surface area contributed by atoms with Gasteiger partial charge in [0, 0.05) is 6.54 Å². The van der Waals surface area contributed by atoms with Crippen molar-refractivity contribution in [3.8, 4) is 11.5 Å². The van der Waals surface area contributed by atoms with Crippen LogP contribution in [-0.2, 0) is 0 Å². The minimum absolute atomic E-state index is 0.677. The maximum atomic E-state index is 5.70. The van der Waals surface area contributed by atoms with Crippen molar-refractivity contribution >= 4 is 0 Å². The maximum absolute atomic E-state index is 5.70. The topological polar surface area (TPSA) is 30.5 Å².